The molecule has 3 fully saturated rings. The zero-order valence-corrected chi connectivity index (χ0v) is 25.9. The van der Waals surface area contributed by atoms with Gasteiger partial charge < -0.3 is 9.64 Å². The maximum atomic E-state index is 13.7. The van der Waals surface area contributed by atoms with E-state index in [1.807, 2.05) is 31.2 Å². The number of anilines is 2. The predicted octanol–water partition coefficient (Wildman–Crippen LogP) is 6.21. The zero-order valence-electron chi connectivity index (χ0n) is 21.4. The second-order valence-electron chi connectivity index (χ2n) is 10.7. The van der Waals surface area contributed by atoms with Crippen LogP contribution in [0.3, 0.4) is 0 Å². The van der Waals surface area contributed by atoms with Crippen LogP contribution in [0, 0.1) is 31.6 Å². The molecule has 2 heterocycles. The lowest BCUT2D eigenvalue weighted by molar-refractivity contribution is -0.139. The van der Waals surface area contributed by atoms with Gasteiger partial charge in [-0.25, -0.2) is 4.90 Å². The molecule has 0 aromatic heterocycles. The maximum absolute atomic E-state index is 13.7. The molecule has 0 radical (unpaired) electrons. The minimum Gasteiger partial charge on any atom is -0.426 e. The molecule has 2 saturated heterocycles. The summed E-state index contributed by atoms with van der Waals surface area (Å²) in [4.78, 5) is 51.7. The summed E-state index contributed by atoms with van der Waals surface area (Å²) in [5.74, 6) is -5.08. The molecule has 2 aromatic rings. The van der Waals surface area contributed by atoms with Gasteiger partial charge in [0.2, 0.25) is 17.7 Å². The van der Waals surface area contributed by atoms with Crippen molar-refractivity contribution in [3.8, 4) is 5.75 Å². The van der Waals surface area contributed by atoms with E-state index >= 15 is 0 Å². The number of nitrogens with zero attached hydrogens (tertiary/aromatic N) is 2. The Hall–Kier alpha value is -2.00. The second kappa shape index (κ2) is 9.50. The van der Waals surface area contributed by atoms with Gasteiger partial charge in [-0.05, 0) is 49.2 Å². The van der Waals surface area contributed by atoms with Crippen LogP contribution in [0.15, 0.2) is 52.5 Å². The van der Waals surface area contributed by atoms with Gasteiger partial charge in [0, 0.05) is 18.7 Å². The van der Waals surface area contributed by atoms with Crippen LogP contribution < -0.4 is 14.5 Å². The number of halogens is 6. The zero-order chi connectivity index (χ0) is 29.8. The van der Waals surface area contributed by atoms with E-state index in [2.05, 4.69) is 0 Å². The van der Waals surface area contributed by atoms with Gasteiger partial charge in [-0.2, -0.15) is 0 Å². The van der Waals surface area contributed by atoms with Crippen molar-refractivity contribution < 1.29 is 23.9 Å². The van der Waals surface area contributed by atoms with Crippen molar-refractivity contribution in [1.29, 1.82) is 0 Å². The molecule has 2 aliphatic carbocycles. The minimum atomic E-state index is -2.02. The fourth-order valence-corrected chi connectivity index (χ4v) is 9.27. The third-order valence-corrected chi connectivity index (χ3v) is 12.7. The van der Waals surface area contributed by atoms with Crippen LogP contribution in [-0.2, 0) is 19.2 Å². The van der Waals surface area contributed by atoms with Crippen LogP contribution in [0.2, 0.25) is 0 Å². The molecule has 0 unspecified atom stereocenters. The number of rotatable bonds is 4. The number of para-hydroxylation sites is 1. The number of benzene rings is 2. The van der Waals surface area contributed by atoms with Crippen LogP contribution in [0.25, 0.3) is 0 Å². The Balaban J connectivity index is 1.22. The van der Waals surface area contributed by atoms with E-state index < -0.39 is 49.6 Å². The molecular formula is C28H20Cl6N2O5. The molecule has 41 heavy (non-hydrogen) atoms. The van der Waals surface area contributed by atoms with Gasteiger partial charge in [0.1, 0.15) is 15.5 Å². The summed E-state index contributed by atoms with van der Waals surface area (Å²) in [6, 6.07) is 11.9. The molecule has 0 spiro atoms. The quantitative estimate of drug-likeness (QED) is 0.166. The van der Waals surface area contributed by atoms with Crippen molar-refractivity contribution >= 4 is 105 Å². The highest BCUT2D eigenvalue weighted by Crippen LogP contribution is 2.77. The van der Waals surface area contributed by atoms with Crippen LogP contribution >= 0.6 is 69.6 Å². The summed E-state index contributed by atoms with van der Waals surface area (Å²) in [5.41, 5.74) is 2.36. The summed E-state index contributed by atoms with van der Waals surface area (Å²) in [6.07, 6.45) is 0.0198. The number of imide groups is 1. The van der Waals surface area contributed by atoms with Crippen LogP contribution in [-0.4, -0.2) is 44.3 Å². The van der Waals surface area contributed by atoms with E-state index in [1.165, 1.54) is 18.2 Å². The highest BCUT2D eigenvalue weighted by Gasteiger charge is 2.87. The van der Waals surface area contributed by atoms with Gasteiger partial charge in [0.15, 0.2) is 4.33 Å². The Morgan fingerprint density at radius 3 is 2.00 bits per heavy atom. The highest BCUT2D eigenvalue weighted by molar-refractivity contribution is 6.67. The summed E-state index contributed by atoms with van der Waals surface area (Å²) in [6.45, 7) is 3.74. The molecule has 4 aliphatic rings. The third-order valence-electron chi connectivity index (χ3n) is 8.40. The van der Waals surface area contributed by atoms with Crippen LogP contribution in [0.1, 0.15) is 17.5 Å². The van der Waals surface area contributed by atoms with Crippen LogP contribution in [0.4, 0.5) is 11.4 Å². The van der Waals surface area contributed by atoms with E-state index in [0.717, 1.165) is 16.2 Å². The Labute approximate surface area is 265 Å². The molecule has 3 amide bonds. The molecule has 214 valence electrons. The van der Waals surface area contributed by atoms with Crippen molar-refractivity contribution in [1.82, 2.24) is 0 Å². The Kier molecular flexibility index (Phi) is 6.74. The van der Waals surface area contributed by atoms with Crippen molar-refractivity contribution in [2.75, 3.05) is 16.3 Å². The summed E-state index contributed by atoms with van der Waals surface area (Å²) >= 11 is 39.4. The third kappa shape index (κ3) is 3.66. The lowest BCUT2D eigenvalue weighted by Crippen LogP contribution is -2.50. The standard InChI is InChI=1S/C28H20Cl6N2O5/c1-12-5-3-4-6-16(12)35-11-14(10-18(35)37)25(40)41-15-7-8-17(13(2)9-15)36-23(38)19-20(24(36)39)27(32)22(30)21(29)26(19,31)28(27,33)34/h3-9,14,19-20H,10-11H2,1-2H3/t14-,19+,20+,26-,27-/m1/s1. The molecule has 1 saturated carbocycles. The van der Waals surface area contributed by atoms with Crippen molar-refractivity contribution in [2.24, 2.45) is 17.8 Å². The summed E-state index contributed by atoms with van der Waals surface area (Å²) in [7, 11) is 0. The number of ether oxygens (including phenoxy) is 1. The highest BCUT2D eigenvalue weighted by atomic mass is 35.5. The minimum absolute atomic E-state index is 0.0198. The smallest absolute Gasteiger partial charge is 0.316 e. The van der Waals surface area contributed by atoms with E-state index in [0.29, 0.717) is 5.56 Å². The van der Waals surface area contributed by atoms with Gasteiger partial charge >= 0.3 is 5.97 Å². The predicted molar refractivity (Wildman–Crippen MR) is 158 cm³/mol. The number of carbonyl (C=O) groups excluding carboxylic acids is 4. The van der Waals surface area contributed by atoms with Gasteiger partial charge in [0.05, 0.1) is 33.5 Å². The lowest BCUT2D eigenvalue weighted by atomic mass is 9.84. The number of amides is 3. The number of allylic oxidation sites excluding steroid dienone is 2. The monoisotopic (exact) mass is 674 g/mol. The summed E-state index contributed by atoms with van der Waals surface area (Å²) in [5, 5.41) is -0.342. The van der Waals surface area contributed by atoms with Gasteiger partial charge in [-0.3, -0.25) is 19.2 Å². The molecule has 2 bridgehead atoms. The first-order valence-corrected chi connectivity index (χ1v) is 14.8. The van der Waals surface area contributed by atoms with E-state index in [4.69, 9.17) is 74.3 Å². The largest absolute Gasteiger partial charge is 0.426 e. The number of esters is 1. The lowest BCUT2D eigenvalue weighted by Gasteiger charge is -2.34. The number of hydrogen-bond donors (Lipinski definition) is 0. The van der Waals surface area contributed by atoms with Gasteiger partial charge in [-0.1, -0.05) is 64.6 Å². The van der Waals surface area contributed by atoms with E-state index in [9.17, 15) is 19.2 Å². The maximum Gasteiger partial charge on any atom is 0.316 e. The average molecular weight is 677 g/mol. The normalized spacial score (nSPS) is 31.9. The molecule has 6 rings (SSSR count). The van der Waals surface area contributed by atoms with Gasteiger partial charge in [-0.15, -0.1) is 23.2 Å². The number of carbonyl (C=O) groups is 4. The first-order valence-electron chi connectivity index (χ1n) is 12.6. The molecule has 7 nitrogen and oxygen atoms in total. The fourth-order valence-electron chi connectivity index (χ4n) is 6.34. The SMILES string of the molecule is Cc1ccccc1N1C[C@H](C(=O)Oc2ccc(N3C(=O)[C@@H]4[C@@H](C3=O)[C@@]3(Cl)C(Cl)=C(Cl)[C@@]4(Cl)C3(Cl)Cl)c(C)c2)CC1=O. The number of hydrogen-bond acceptors (Lipinski definition) is 5. The first kappa shape index (κ1) is 29.1. The molecule has 2 aromatic carbocycles. The van der Waals surface area contributed by atoms with E-state index in [-0.39, 0.29) is 40.4 Å². The Morgan fingerprint density at radius 2 is 1.44 bits per heavy atom. The second-order valence-corrected chi connectivity index (χ2v) is 13.9. The molecule has 2 aliphatic heterocycles. The average Bonchev–Trinajstić information content (AvgIpc) is 3.50. The number of fused-ring (bicyclic) bond motifs is 5. The van der Waals surface area contributed by atoms with Crippen LogP contribution in [0.5, 0.6) is 5.75 Å². The topological polar surface area (TPSA) is 84.0 Å². The first-order chi connectivity index (χ1) is 19.2. The van der Waals surface area contributed by atoms with Crippen molar-refractivity contribution in [2.45, 2.75) is 34.3 Å². The molecule has 0 N–H and O–H groups in total. The Morgan fingerprint density at radius 1 is 0.854 bits per heavy atom. The van der Waals surface area contributed by atoms with Crippen molar-refractivity contribution in [3.05, 3.63) is 63.7 Å². The number of alkyl halides is 4. The molecular weight excluding hydrogens is 657 g/mol. The van der Waals surface area contributed by atoms with Crippen molar-refractivity contribution in [3.63, 3.8) is 0 Å². The fraction of sp³-hybridized carbons (Fsp3) is 0.357. The molecule has 13 heteroatoms. The summed E-state index contributed by atoms with van der Waals surface area (Å²) < 4.78 is 3.57. The number of aryl methyl sites for hydroxylation is 2. The Bertz CT molecular complexity index is 1560. The van der Waals surface area contributed by atoms with Gasteiger partial charge in [0.25, 0.3) is 0 Å². The molecule has 5 atom stereocenters. The van der Waals surface area contributed by atoms with E-state index in [1.54, 1.807) is 11.8 Å².